The Balaban J connectivity index is 2.17. The predicted molar refractivity (Wildman–Crippen MR) is 84.8 cm³/mol. The SMILES string of the molecule is COc1cc(C)c(COC(=O)c2cc(Cl)ccc2F)cc1OC. The molecule has 0 N–H and O–H groups in total. The summed E-state index contributed by atoms with van der Waals surface area (Å²) in [4.78, 5) is 12.0. The summed E-state index contributed by atoms with van der Waals surface area (Å²) in [6.07, 6.45) is 0. The molecule has 0 aromatic heterocycles. The lowest BCUT2D eigenvalue weighted by Gasteiger charge is -2.13. The summed E-state index contributed by atoms with van der Waals surface area (Å²) < 4.78 is 29.2. The smallest absolute Gasteiger partial charge is 0.341 e. The van der Waals surface area contributed by atoms with Crippen LogP contribution in [0.2, 0.25) is 5.02 Å². The number of benzene rings is 2. The van der Waals surface area contributed by atoms with E-state index in [4.69, 9.17) is 25.8 Å². The molecule has 0 aliphatic rings. The lowest BCUT2D eigenvalue weighted by atomic mass is 10.1. The third kappa shape index (κ3) is 3.93. The van der Waals surface area contributed by atoms with E-state index in [-0.39, 0.29) is 17.2 Å². The molecule has 4 nitrogen and oxygen atoms in total. The van der Waals surface area contributed by atoms with Crippen LogP contribution in [0.4, 0.5) is 4.39 Å². The standard InChI is InChI=1S/C17H16ClFO4/c1-10-6-15(21-2)16(22-3)7-11(10)9-23-17(20)13-8-12(18)4-5-14(13)19/h4-8H,9H2,1-3H3. The van der Waals surface area contributed by atoms with Gasteiger partial charge in [-0.25, -0.2) is 9.18 Å². The van der Waals surface area contributed by atoms with Crippen LogP contribution in [0, 0.1) is 12.7 Å². The molecule has 0 unspecified atom stereocenters. The Hall–Kier alpha value is -2.27. The Morgan fingerprint density at radius 2 is 1.78 bits per heavy atom. The van der Waals surface area contributed by atoms with Gasteiger partial charge in [-0.15, -0.1) is 0 Å². The van der Waals surface area contributed by atoms with Crippen LogP contribution >= 0.6 is 11.6 Å². The number of carbonyl (C=O) groups is 1. The van der Waals surface area contributed by atoms with Gasteiger partial charge in [0.05, 0.1) is 19.8 Å². The van der Waals surface area contributed by atoms with E-state index in [1.807, 2.05) is 6.92 Å². The minimum atomic E-state index is -0.779. The lowest BCUT2D eigenvalue weighted by molar-refractivity contribution is 0.0466. The zero-order chi connectivity index (χ0) is 17.0. The highest BCUT2D eigenvalue weighted by Crippen LogP contribution is 2.30. The largest absolute Gasteiger partial charge is 0.493 e. The van der Waals surface area contributed by atoms with Crippen LogP contribution in [-0.2, 0) is 11.3 Å². The van der Waals surface area contributed by atoms with E-state index in [0.29, 0.717) is 11.5 Å². The molecule has 0 atom stereocenters. The number of esters is 1. The fourth-order valence-corrected chi connectivity index (χ4v) is 2.23. The first-order valence-electron chi connectivity index (χ1n) is 6.80. The Kier molecular flexibility index (Phi) is 5.45. The van der Waals surface area contributed by atoms with Crippen LogP contribution in [-0.4, -0.2) is 20.2 Å². The second-order valence-corrected chi connectivity index (χ2v) is 5.27. The summed E-state index contributed by atoms with van der Waals surface area (Å²) in [5.41, 5.74) is 1.40. The summed E-state index contributed by atoms with van der Waals surface area (Å²) in [7, 11) is 3.06. The molecule has 2 aromatic carbocycles. The van der Waals surface area contributed by atoms with Gasteiger partial charge >= 0.3 is 5.97 Å². The summed E-state index contributed by atoms with van der Waals surface area (Å²) >= 11 is 5.77. The van der Waals surface area contributed by atoms with E-state index in [0.717, 1.165) is 17.2 Å². The zero-order valence-electron chi connectivity index (χ0n) is 13.0. The molecule has 0 amide bonds. The molecular formula is C17H16ClFO4. The first kappa shape index (κ1) is 17.1. The molecule has 6 heteroatoms. The van der Waals surface area contributed by atoms with Crippen molar-refractivity contribution in [3.05, 3.63) is 57.9 Å². The van der Waals surface area contributed by atoms with Crippen LogP contribution in [0.15, 0.2) is 30.3 Å². The van der Waals surface area contributed by atoms with Gasteiger partial charge in [0.25, 0.3) is 0 Å². The topological polar surface area (TPSA) is 44.8 Å². The van der Waals surface area contributed by atoms with Crippen LogP contribution in [0.5, 0.6) is 11.5 Å². The molecule has 0 saturated carbocycles. The van der Waals surface area contributed by atoms with Crippen molar-refractivity contribution in [2.75, 3.05) is 14.2 Å². The number of aryl methyl sites for hydroxylation is 1. The van der Waals surface area contributed by atoms with Gasteiger partial charge in [-0.1, -0.05) is 11.6 Å². The maximum absolute atomic E-state index is 13.6. The number of rotatable bonds is 5. The van der Waals surface area contributed by atoms with Crippen LogP contribution in [0.1, 0.15) is 21.5 Å². The number of methoxy groups -OCH3 is 2. The molecule has 0 bridgehead atoms. The average molecular weight is 339 g/mol. The van der Waals surface area contributed by atoms with E-state index < -0.39 is 11.8 Å². The quantitative estimate of drug-likeness (QED) is 0.768. The molecule has 0 heterocycles. The molecular weight excluding hydrogens is 323 g/mol. The van der Waals surface area contributed by atoms with Gasteiger partial charge < -0.3 is 14.2 Å². The van der Waals surface area contributed by atoms with Gasteiger partial charge in [-0.3, -0.25) is 0 Å². The third-order valence-electron chi connectivity index (χ3n) is 3.35. The average Bonchev–Trinajstić information content (AvgIpc) is 2.55. The molecule has 0 saturated heterocycles. The molecule has 122 valence electrons. The van der Waals surface area contributed by atoms with Gasteiger partial charge in [0, 0.05) is 5.02 Å². The van der Waals surface area contributed by atoms with Gasteiger partial charge in [0.2, 0.25) is 0 Å². The van der Waals surface area contributed by atoms with Gasteiger partial charge in [0.15, 0.2) is 11.5 Å². The van der Waals surface area contributed by atoms with Crippen molar-refractivity contribution in [3.8, 4) is 11.5 Å². The van der Waals surface area contributed by atoms with Crippen molar-refractivity contribution in [3.63, 3.8) is 0 Å². The molecule has 0 spiro atoms. The minimum Gasteiger partial charge on any atom is -0.493 e. The van der Waals surface area contributed by atoms with E-state index >= 15 is 0 Å². The summed E-state index contributed by atoms with van der Waals surface area (Å²) in [5.74, 6) is -0.346. The highest BCUT2D eigenvalue weighted by molar-refractivity contribution is 6.30. The van der Waals surface area contributed by atoms with Crippen molar-refractivity contribution in [1.82, 2.24) is 0 Å². The number of carbonyl (C=O) groups excluding carboxylic acids is 1. The molecule has 2 aromatic rings. The summed E-state index contributed by atoms with van der Waals surface area (Å²) in [5, 5.41) is 0.264. The van der Waals surface area contributed by atoms with Crippen LogP contribution < -0.4 is 9.47 Å². The molecule has 2 rings (SSSR count). The Morgan fingerprint density at radius 3 is 2.43 bits per heavy atom. The Labute approximate surface area is 138 Å². The van der Waals surface area contributed by atoms with Crippen molar-refractivity contribution in [2.45, 2.75) is 13.5 Å². The fourth-order valence-electron chi connectivity index (χ4n) is 2.05. The van der Waals surface area contributed by atoms with Gasteiger partial charge in [-0.05, 0) is 48.4 Å². The number of ether oxygens (including phenoxy) is 3. The molecule has 23 heavy (non-hydrogen) atoms. The molecule has 0 aliphatic carbocycles. The highest BCUT2D eigenvalue weighted by atomic mass is 35.5. The monoisotopic (exact) mass is 338 g/mol. The van der Waals surface area contributed by atoms with E-state index in [1.54, 1.807) is 19.2 Å². The van der Waals surface area contributed by atoms with E-state index in [1.165, 1.54) is 19.2 Å². The normalized spacial score (nSPS) is 10.3. The highest BCUT2D eigenvalue weighted by Gasteiger charge is 2.15. The number of halogens is 2. The molecule has 0 aliphatic heterocycles. The summed E-state index contributed by atoms with van der Waals surface area (Å²) in [6, 6.07) is 7.23. The molecule has 0 radical (unpaired) electrons. The first-order valence-corrected chi connectivity index (χ1v) is 7.17. The Morgan fingerprint density at radius 1 is 1.13 bits per heavy atom. The fraction of sp³-hybridized carbons (Fsp3) is 0.235. The van der Waals surface area contributed by atoms with E-state index in [2.05, 4.69) is 0 Å². The Bertz CT molecular complexity index is 731. The van der Waals surface area contributed by atoms with Crippen molar-refractivity contribution < 1.29 is 23.4 Å². The van der Waals surface area contributed by atoms with Crippen LogP contribution in [0.3, 0.4) is 0 Å². The second-order valence-electron chi connectivity index (χ2n) is 4.83. The van der Waals surface area contributed by atoms with Crippen molar-refractivity contribution in [2.24, 2.45) is 0 Å². The van der Waals surface area contributed by atoms with Gasteiger partial charge in [-0.2, -0.15) is 0 Å². The lowest BCUT2D eigenvalue weighted by Crippen LogP contribution is -2.08. The zero-order valence-corrected chi connectivity index (χ0v) is 13.7. The second kappa shape index (κ2) is 7.33. The number of hydrogen-bond acceptors (Lipinski definition) is 4. The van der Waals surface area contributed by atoms with Crippen LogP contribution in [0.25, 0.3) is 0 Å². The maximum atomic E-state index is 13.6. The van der Waals surface area contributed by atoms with Crippen molar-refractivity contribution in [1.29, 1.82) is 0 Å². The van der Waals surface area contributed by atoms with Crippen molar-refractivity contribution >= 4 is 17.6 Å². The van der Waals surface area contributed by atoms with E-state index in [9.17, 15) is 9.18 Å². The third-order valence-corrected chi connectivity index (χ3v) is 3.58. The first-order chi connectivity index (χ1) is 11.0. The minimum absolute atomic E-state index is 0.0169. The maximum Gasteiger partial charge on any atom is 0.341 e. The van der Waals surface area contributed by atoms with Gasteiger partial charge in [0.1, 0.15) is 12.4 Å². The number of hydrogen-bond donors (Lipinski definition) is 0. The molecule has 0 fully saturated rings. The predicted octanol–water partition coefficient (Wildman–Crippen LogP) is 4.16. The summed E-state index contributed by atoms with van der Waals surface area (Å²) in [6.45, 7) is 1.84.